The number of nitrogens with one attached hydrogen (secondary N) is 3. The number of amides is 2. The Kier molecular flexibility index (Phi) is 4.64. The van der Waals surface area contributed by atoms with Crippen molar-refractivity contribution >= 4 is 34.5 Å². The van der Waals surface area contributed by atoms with Crippen LogP contribution in [0, 0.1) is 0 Å². The quantitative estimate of drug-likeness (QED) is 0.609. The fourth-order valence-corrected chi connectivity index (χ4v) is 3.28. The lowest BCUT2D eigenvalue weighted by Crippen LogP contribution is -2.17. The summed E-state index contributed by atoms with van der Waals surface area (Å²) in [6, 6.07) is 24.5. The van der Waals surface area contributed by atoms with Crippen LogP contribution in [0.3, 0.4) is 0 Å². The number of para-hydroxylation sites is 1. The summed E-state index contributed by atoms with van der Waals surface area (Å²) in [6.07, 6.45) is 0. The van der Waals surface area contributed by atoms with Crippen molar-refractivity contribution in [1.82, 2.24) is 5.32 Å². The molecule has 0 aromatic heterocycles. The van der Waals surface area contributed by atoms with Crippen LogP contribution in [0.25, 0.3) is 11.3 Å². The average molecular weight is 369 g/mol. The second kappa shape index (κ2) is 7.40. The Morgan fingerprint density at radius 3 is 2.36 bits per heavy atom. The molecule has 5 nitrogen and oxygen atoms in total. The third kappa shape index (κ3) is 3.25. The Balaban J connectivity index is 1.85. The first-order chi connectivity index (χ1) is 13.7. The first-order valence-electron chi connectivity index (χ1n) is 8.97. The summed E-state index contributed by atoms with van der Waals surface area (Å²) in [6.45, 7) is 0. The number of hydrogen-bond donors (Lipinski definition) is 3. The minimum absolute atomic E-state index is 0.157. The molecule has 1 aliphatic rings. The van der Waals surface area contributed by atoms with Gasteiger partial charge in [-0.25, -0.2) is 0 Å². The van der Waals surface area contributed by atoms with Gasteiger partial charge in [0.15, 0.2) is 0 Å². The van der Waals surface area contributed by atoms with Crippen molar-refractivity contribution < 1.29 is 9.59 Å². The lowest BCUT2D eigenvalue weighted by Gasteiger charge is -2.15. The van der Waals surface area contributed by atoms with Gasteiger partial charge in [0.25, 0.3) is 11.8 Å². The smallest absolute Gasteiger partial charge is 0.258 e. The zero-order chi connectivity index (χ0) is 19.5. The maximum atomic E-state index is 12.8. The average Bonchev–Trinajstić information content (AvgIpc) is 3.08. The molecule has 3 aromatic carbocycles. The van der Waals surface area contributed by atoms with E-state index in [4.69, 9.17) is 0 Å². The Labute approximate surface area is 163 Å². The van der Waals surface area contributed by atoms with Crippen LogP contribution in [0.15, 0.2) is 78.9 Å². The van der Waals surface area contributed by atoms with Crippen molar-refractivity contribution in [2.45, 2.75) is 0 Å². The fourth-order valence-electron chi connectivity index (χ4n) is 3.28. The number of benzene rings is 3. The predicted octanol–water partition coefficient (Wildman–Crippen LogP) is 3.98. The molecule has 28 heavy (non-hydrogen) atoms. The van der Waals surface area contributed by atoms with Gasteiger partial charge in [0.05, 0.1) is 11.3 Å². The minimum Gasteiger partial charge on any atom is -0.355 e. The van der Waals surface area contributed by atoms with Gasteiger partial charge < -0.3 is 16.0 Å². The van der Waals surface area contributed by atoms with Gasteiger partial charge in [0.1, 0.15) is 0 Å². The molecule has 0 unspecified atom stereocenters. The lowest BCUT2D eigenvalue weighted by atomic mass is 10.00. The molecule has 2 amide bonds. The van der Waals surface area contributed by atoms with Crippen molar-refractivity contribution in [3.05, 3.63) is 95.6 Å². The molecule has 0 spiro atoms. The normalized spacial score (nSPS) is 14.1. The van der Waals surface area contributed by atoms with Crippen LogP contribution in [-0.4, -0.2) is 18.9 Å². The Morgan fingerprint density at radius 1 is 0.857 bits per heavy atom. The van der Waals surface area contributed by atoms with Crippen LogP contribution in [0.2, 0.25) is 0 Å². The molecule has 3 N–H and O–H groups in total. The van der Waals surface area contributed by atoms with E-state index in [1.807, 2.05) is 66.7 Å². The van der Waals surface area contributed by atoms with E-state index in [-0.39, 0.29) is 11.8 Å². The highest BCUT2D eigenvalue weighted by Crippen LogP contribution is 2.37. The van der Waals surface area contributed by atoms with Crippen LogP contribution in [-0.2, 0) is 4.79 Å². The number of carbonyl (C=O) groups excluding carboxylic acids is 2. The SMILES string of the molecule is CNC(=O)c1cccc(NC(=C2C(=O)Nc3ccccc32)c2ccccc2)c1. The third-order valence-electron chi connectivity index (χ3n) is 4.61. The molecule has 0 saturated heterocycles. The van der Waals surface area contributed by atoms with Crippen LogP contribution in [0.4, 0.5) is 11.4 Å². The molecule has 0 radical (unpaired) electrons. The van der Waals surface area contributed by atoms with Crippen molar-refractivity contribution in [1.29, 1.82) is 0 Å². The molecular weight excluding hydrogens is 350 g/mol. The number of fused-ring (bicyclic) bond motifs is 1. The highest BCUT2D eigenvalue weighted by Gasteiger charge is 2.28. The monoisotopic (exact) mass is 369 g/mol. The maximum absolute atomic E-state index is 12.8. The zero-order valence-electron chi connectivity index (χ0n) is 15.3. The van der Waals surface area contributed by atoms with E-state index in [2.05, 4.69) is 16.0 Å². The first-order valence-corrected chi connectivity index (χ1v) is 8.97. The molecule has 3 aromatic rings. The van der Waals surface area contributed by atoms with Crippen LogP contribution in [0.1, 0.15) is 21.5 Å². The van der Waals surface area contributed by atoms with Gasteiger partial charge in [-0.2, -0.15) is 0 Å². The molecule has 1 aliphatic heterocycles. The molecule has 0 bridgehead atoms. The maximum Gasteiger partial charge on any atom is 0.258 e. The number of anilines is 2. The molecule has 5 heteroatoms. The molecule has 0 saturated carbocycles. The second-order valence-electron chi connectivity index (χ2n) is 6.40. The number of hydrogen-bond acceptors (Lipinski definition) is 3. The van der Waals surface area contributed by atoms with Gasteiger partial charge in [-0.3, -0.25) is 9.59 Å². The number of carbonyl (C=O) groups is 2. The molecular formula is C23H19N3O2. The van der Waals surface area contributed by atoms with Crippen LogP contribution < -0.4 is 16.0 Å². The third-order valence-corrected chi connectivity index (χ3v) is 4.61. The standard InChI is InChI=1S/C23H19N3O2/c1-24-22(27)16-10-7-11-17(14-16)25-21(15-8-3-2-4-9-15)20-18-12-5-6-13-19(18)26-23(20)28/h2-14,25H,1H3,(H,24,27)(H,26,28). The summed E-state index contributed by atoms with van der Waals surface area (Å²) >= 11 is 0. The largest absolute Gasteiger partial charge is 0.355 e. The van der Waals surface area contributed by atoms with E-state index in [0.29, 0.717) is 16.8 Å². The van der Waals surface area contributed by atoms with E-state index < -0.39 is 0 Å². The molecule has 4 rings (SSSR count). The predicted molar refractivity (Wildman–Crippen MR) is 112 cm³/mol. The molecule has 138 valence electrons. The highest BCUT2D eigenvalue weighted by atomic mass is 16.2. The van der Waals surface area contributed by atoms with E-state index in [9.17, 15) is 9.59 Å². The zero-order valence-corrected chi connectivity index (χ0v) is 15.3. The second-order valence-corrected chi connectivity index (χ2v) is 6.40. The summed E-state index contributed by atoms with van der Waals surface area (Å²) in [4.78, 5) is 24.8. The van der Waals surface area contributed by atoms with Crippen LogP contribution >= 0.6 is 0 Å². The molecule has 0 fully saturated rings. The lowest BCUT2D eigenvalue weighted by molar-refractivity contribution is -0.110. The Hall–Kier alpha value is -3.86. The van der Waals surface area contributed by atoms with E-state index in [1.165, 1.54) is 0 Å². The van der Waals surface area contributed by atoms with Gasteiger partial charge in [-0.1, -0.05) is 54.6 Å². The topological polar surface area (TPSA) is 70.2 Å². The molecule has 0 atom stereocenters. The van der Waals surface area contributed by atoms with Gasteiger partial charge in [0, 0.05) is 29.5 Å². The molecule has 1 heterocycles. The van der Waals surface area contributed by atoms with Gasteiger partial charge in [0.2, 0.25) is 0 Å². The van der Waals surface area contributed by atoms with Gasteiger partial charge in [-0.15, -0.1) is 0 Å². The molecule has 0 aliphatic carbocycles. The Morgan fingerprint density at radius 2 is 1.57 bits per heavy atom. The van der Waals surface area contributed by atoms with E-state index in [1.54, 1.807) is 19.2 Å². The summed E-state index contributed by atoms with van der Waals surface area (Å²) < 4.78 is 0. The Bertz CT molecular complexity index is 1090. The first kappa shape index (κ1) is 17.5. The summed E-state index contributed by atoms with van der Waals surface area (Å²) in [5, 5.41) is 8.91. The minimum atomic E-state index is -0.165. The summed E-state index contributed by atoms with van der Waals surface area (Å²) in [5.74, 6) is -0.323. The van der Waals surface area contributed by atoms with Crippen molar-refractivity contribution in [2.75, 3.05) is 17.7 Å². The van der Waals surface area contributed by atoms with Crippen molar-refractivity contribution in [3.63, 3.8) is 0 Å². The van der Waals surface area contributed by atoms with Gasteiger partial charge in [-0.05, 0) is 29.8 Å². The highest BCUT2D eigenvalue weighted by molar-refractivity contribution is 6.37. The van der Waals surface area contributed by atoms with Crippen molar-refractivity contribution in [2.24, 2.45) is 0 Å². The summed E-state index contributed by atoms with van der Waals surface area (Å²) in [5.41, 5.74) is 5.06. The van der Waals surface area contributed by atoms with Gasteiger partial charge >= 0.3 is 0 Å². The summed E-state index contributed by atoms with van der Waals surface area (Å²) in [7, 11) is 1.60. The van der Waals surface area contributed by atoms with E-state index >= 15 is 0 Å². The fraction of sp³-hybridized carbons (Fsp3) is 0.0435. The van der Waals surface area contributed by atoms with Crippen molar-refractivity contribution in [3.8, 4) is 0 Å². The van der Waals surface area contributed by atoms with E-state index in [0.717, 1.165) is 22.5 Å². The number of rotatable bonds is 4. The van der Waals surface area contributed by atoms with Crippen LogP contribution in [0.5, 0.6) is 0 Å².